The maximum absolute atomic E-state index is 13.2. The average molecular weight is 345 g/mol. The maximum Gasteiger partial charge on any atom is 0.147 e. The van der Waals surface area contributed by atoms with E-state index in [-0.39, 0.29) is 5.82 Å². The van der Waals surface area contributed by atoms with E-state index in [1.165, 1.54) is 12.1 Å². The number of rotatable bonds is 4. The molecule has 0 atom stereocenters. The molecule has 0 aliphatic rings. The largest absolute Gasteiger partial charge is 0.455 e. The fraction of sp³-hybridized carbons (Fsp3) is 0.143. The predicted molar refractivity (Wildman–Crippen MR) is 78.4 cm³/mol. The van der Waals surface area contributed by atoms with Crippen LogP contribution in [-0.2, 0) is 6.42 Å². The van der Waals surface area contributed by atoms with Gasteiger partial charge in [0.25, 0.3) is 0 Å². The lowest BCUT2D eigenvalue weighted by Crippen LogP contribution is -2.04. The number of nitrogens with two attached hydrogens (primary N) is 1. The van der Waals surface area contributed by atoms with Gasteiger partial charge in [-0.15, -0.1) is 0 Å². The topological polar surface area (TPSA) is 35.2 Å². The molecule has 0 fully saturated rings. The zero-order chi connectivity index (χ0) is 13.8. The molecule has 0 heterocycles. The van der Waals surface area contributed by atoms with Crippen molar-refractivity contribution in [2.75, 3.05) is 6.54 Å². The molecule has 2 rings (SSSR count). The van der Waals surface area contributed by atoms with Gasteiger partial charge >= 0.3 is 0 Å². The summed E-state index contributed by atoms with van der Waals surface area (Å²) in [7, 11) is 0. The van der Waals surface area contributed by atoms with Crippen LogP contribution in [0.15, 0.2) is 40.9 Å². The van der Waals surface area contributed by atoms with Crippen LogP contribution in [0.2, 0.25) is 5.02 Å². The lowest BCUT2D eigenvalue weighted by atomic mass is 10.1. The van der Waals surface area contributed by atoms with Crippen LogP contribution in [0.3, 0.4) is 0 Å². The second-order valence-electron chi connectivity index (χ2n) is 3.97. The molecule has 2 aromatic rings. The zero-order valence-electron chi connectivity index (χ0n) is 10.00. The fourth-order valence-corrected chi connectivity index (χ4v) is 2.17. The lowest BCUT2D eigenvalue weighted by Gasteiger charge is -2.12. The Bertz CT molecular complexity index is 592. The summed E-state index contributed by atoms with van der Waals surface area (Å²) in [5, 5.41) is 0.492. The minimum absolute atomic E-state index is 0.309. The third kappa shape index (κ3) is 3.69. The lowest BCUT2D eigenvalue weighted by molar-refractivity contribution is 0.473. The highest BCUT2D eigenvalue weighted by atomic mass is 79.9. The van der Waals surface area contributed by atoms with Gasteiger partial charge in [0, 0.05) is 4.47 Å². The van der Waals surface area contributed by atoms with Gasteiger partial charge in [0.2, 0.25) is 0 Å². The molecule has 100 valence electrons. The molecule has 2 aromatic carbocycles. The minimum atomic E-state index is -0.309. The van der Waals surface area contributed by atoms with Gasteiger partial charge in [0.1, 0.15) is 17.3 Å². The normalized spacial score (nSPS) is 10.5. The Morgan fingerprint density at radius 3 is 2.68 bits per heavy atom. The number of halogens is 3. The van der Waals surface area contributed by atoms with Crippen molar-refractivity contribution in [3.8, 4) is 11.5 Å². The van der Waals surface area contributed by atoms with Gasteiger partial charge < -0.3 is 10.5 Å². The van der Waals surface area contributed by atoms with Crippen LogP contribution in [0, 0.1) is 5.82 Å². The molecule has 0 aromatic heterocycles. The Morgan fingerprint density at radius 2 is 1.95 bits per heavy atom. The van der Waals surface area contributed by atoms with Crippen molar-refractivity contribution in [2.45, 2.75) is 6.42 Å². The van der Waals surface area contributed by atoms with Crippen LogP contribution in [0.1, 0.15) is 5.56 Å². The molecule has 5 heteroatoms. The standard InChI is InChI=1S/C14H12BrClFNO/c15-10-1-3-12(16)14(8-10)19-13-4-2-11(17)7-9(13)5-6-18/h1-4,7-8H,5-6,18H2. The molecule has 2 nitrogen and oxygen atoms in total. The number of ether oxygens (including phenoxy) is 1. The van der Waals surface area contributed by atoms with E-state index >= 15 is 0 Å². The van der Waals surface area contributed by atoms with Gasteiger partial charge in [-0.3, -0.25) is 0 Å². The molecule has 0 saturated carbocycles. The Labute approximate surface area is 124 Å². The molecule has 0 bridgehead atoms. The SMILES string of the molecule is NCCc1cc(F)ccc1Oc1cc(Br)ccc1Cl. The van der Waals surface area contributed by atoms with E-state index in [4.69, 9.17) is 22.1 Å². The van der Waals surface area contributed by atoms with Crippen molar-refractivity contribution in [1.29, 1.82) is 0 Å². The Kier molecular flexibility index (Phi) is 4.80. The number of hydrogen-bond donors (Lipinski definition) is 1. The number of benzene rings is 2. The van der Waals surface area contributed by atoms with Gasteiger partial charge in [-0.2, -0.15) is 0 Å². The molecule has 0 unspecified atom stereocenters. The molecule has 0 saturated heterocycles. The Morgan fingerprint density at radius 1 is 1.16 bits per heavy atom. The Balaban J connectivity index is 2.34. The third-order valence-electron chi connectivity index (χ3n) is 2.55. The summed E-state index contributed by atoms with van der Waals surface area (Å²) in [5.41, 5.74) is 6.24. The van der Waals surface area contributed by atoms with Gasteiger partial charge in [0.05, 0.1) is 5.02 Å². The van der Waals surface area contributed by atoms with Crippen LogP contribution in [0.25, 0.3) is 0 Å². The zero-order valence-corrected chi connectivity index (χ0v) is 12.3. The van der Waals surface area contributed by atoms with E-state index in [0.29, 0.717) is 29.5 Å². The highest BCUT2D eigenvalue weighted by Crippen LogP contribution is 2.33. The first-order valence-electron chi connectivity index (χ1n) is 5.71. The molecule has 0 amide bonds. The highest BCUT2D eigenvalue weighted by molar-refractivity contribution is 9.10. The van der Waals surface area contributed by atoms with Gasteiger partial charge in [-0.25, -0.2) is 4.39 Å². The molecular weight excluding hydrogens is 333 g/mol. The first-order chi connectivity index (χ1) is 9.10. The smallest absolute Gasteiger partial charge is 0.147 e. The summed E-state index contributed by atoms with van der Waals surface area (Å²) in [4.78, 5) is 0. The van der Waals surface area contributed by atoms with Crippen LogP contribution in [0.4, 0.5) is 4.39 Å². The first kappa shape index (κ1) is 14.3. The molecule has 0 aliphatic carbocycles. The summed E-state index contributed by atoms with van der Waals surface area (Å²) >= 11 is 9.41. The predicted octanol–water partition coefficient (Wildman–Crippen LogP) is 4.54. The molecule has 2 N–H and O–H groups in total. The van der Waals surface area contributed by atoms with E-state index in [9.17, 15) is 4.39 Å². The molecule has 0 radical (unpaired) electrons. The first-order valence-corrected chi connectivity index (χ1v) is 6.88. The van der Waals surface area contributed by atoms with E-state index in [0.717, 1.165) is 10.0 Å². The van der Waals surface area contributed by atoms with Crippen molar-refractivity contribution in [2.24, 2.45) is 5.73 Å². The third-order valence-corrected chi connectivity index (χ3v) is 3.35. The van der Waals surface area contributed by atoms with Gasteiger partial charge in [-0.05, 0) is 54.9 Å². The summed E-state index contributed by atoms with van der Waals surface area (Å²) < 4.78 is 19.8. The summed E-state index contributed by atoms with van der Waals surface area (Å²) in [6.45, 7) is 0.423. The second kappa shape index (κ2) is 6.37. The van der Waals surface area contributed by atoms with Crippen molar-refractivity contribution < 1.29 is 9.13 Å². The molecular formula is C14H12BrClFNO. The van der Waals surface area contributed by atoms with Crippen molar-refractivity contribution in [1.82, 2.24) is 0 Å². The van der Waals surface area contributed by atoms with Crippen molar-refractivity contribution in [3.05, 3.63) is 57.3 Å². The van der Waals surface area contributed by atoms with E-state index in [2.05, 4.69) is 15.9 Å². The van der Waals surface area contributed by atoms with Crippen LogP contribution in [-0.4, -0.2) is 6.54 Å². The molecule has 0 aliphatic heterocycles. The quantitative estimate of drug-likeness (QED) is 0.884. The highest BCUT2D eigenvalue weighted by Gasteiger charge is 2.09. The Hall–Kier alpha value is -1.10. The van der Waals surface area contributed by atoms with Crippen molar-refractivity contribution >= 4 is 27.5 Å². The fourth-order valence-electron chi connectivity index (χ4n) is 1.67. The van der Waals surface area contributed by atoms with Crippen LogP contribution >= 0.6 is 27.5 Å². The van der Waals surface area contributed by atoms with Crippen molar-refractivity contribution in [3.63, 3.8) is 0 Å². The minimum Gasteiger partial charge on any atom is -0.455 e. The summed E-state index contributed by atoms with van der Waals surface area (Å²) in [6.07, 6.45) is 0.540. The summed E-state index contributed by atoms with van der Waals surface area (Å²) in [6, 6.07) is 9.67. The van der Waals surface area contributed by atoms with E-state index in [1.54, 1.807) is 18.2 Å². The van der Waals surface area contributed by atoms with Crippen LogP contribution < -0.4 is 10.5 Å². The van der Waals surface area contributed by atoms with E-state index in [1.807, 2.05) is 6.07 Å². The maximum atomic E-state index is 13.2. The van der Waals surface area contributed by atoms with Gasteiger partial charge in [-0.1, -0.05) is 27.5 Å². The van der Waals surface area contributed by atoms with Crippen LogP contribution in [0.5, 0.6) is 11.5 Å². The number of hydrogen-bond acceptors (Lipinski definition) is 2. The monoisotopic (exact) mass is 343 g/mol. The molecule has 0 spiro atoms. The molecule has 19 heavy (non-hydrogen) atoms. The van der Waals surface area contributed by atoms with Gasteiger partial charge in [0.15, 0.2) is 0 Å². The second-order valence-corrected chi connectivity index (χ2v) is 5.29. The average Bonchev–Trinajstić information content (AvgIpc) is 2.37. The summed E-state index contributed by atoms with van der Waals surface area (Å²) in [5.74, 6) is 0.768. The van der Waals surface area contributed by atoms with E-state index < -0.39 is 0 Å².